The van der Waals surface area contributed by atoms with Gasteiger partial charge in [-0.15, -0.1) is 0 Å². The van der Waals surface area contributed by atoms with Crippen molar-refractivity contribution in [2.75, 3.05) is 13.2 Å². The Kier molecular flexibility index (Phi) is 8.61. The summed E-state index contributed by atoms with van der Waals surface area (Å²) in [6.45, 7) is 2.87. The number of nitrogens with one attached hydrogen (secondary N) is 1. The third-order valence-electron chi connectivity index (χ3n) is 3.75. The predicted octanol–water partition coefficient (Wildman–Crippen LogP) is 1.42. The lowest BCUT2D eigenvalue weighted by molar-refractivity contribution is -0.156. The molecule has 160 valence electrons. The van der Waals surface area contributed by atoms with Crippen LogP contribution >= 0.6 is 0 Å². The van der Waals surface area contributed by atoms with Gasteiger partial charge in [0, 0.05) is 0 Å². The summed E-state index contributed by atoms with van der Waals surface area (Å²) in [4.78, 5) is 48.3. The number of primary amides is 1. The summed E-state index contributed by atoms with van der Waals surface area (Å²) in [6.07, 6.45) is -5.50. The second-order valence-electron chi connectivity index (χ2n) is 5.76. The van der Waals surface area contributed by atoms with Gasteiger partial charge in [-0.3, -0.25) is 19.2 Å². The van der Waals surface area contributed by atoms with Gasteiger partial charge in [-0.25, -0.2) is 0 Å². The number of alkyl halides is 3. The maximum atomic E-state index is 13.1. The lowest BCUT2D eigenvalue weighted by Gasteiger charge is -2.24. The molecule has 3 N–H and O–H groups in total. The van der Waals surface area contributed by atoms with E-state index in [1.165, 1.54) is 19.9 Å². The highest BCUT2D eigenvalue weighted by atomic mass is 19.4. The van der Waals surface area contributed by atoms with Crippen molar-refractivity contribution >= 4 is 23.8 Å². The molecule has 0 aliphatic heterocycles. The lowest BCUT2D eigenvalue weighted by Crippen LogP contribution is -2.52. The first-order valence-corrected chi connectivity index (χ1v) is 8.61. The zero-order valence-corrected chi connectivity index (χ0v) is 15.7. The van der Waals surface area contributed by atoms with Gasteiger partial charge < -0.3 is 20.5 Å². The summed E-state index contributed by atoms with van der Waals surface area (Å²) in [5.74, 6) is -6.01. The summed E-state index contributed by atoms with van der Waals surface area (Å²) in [6, 6.07) is 2.08. The van der Waals surface area contributed by atoms with Crippen molar-refractivity contribution < 1.29 is 41.8 Å². The highest BCUT2D eigenvalue weighted by Crippen LogP contribution is 2.32. The van der Waals surface area contributed by atoms with Gasteiger partial charge in [0.05, 0.1) is 36.7 Å². The van der Waals surface area contributed by atoms with E-state index in [9.17, 15) is 32.3 Å². The first kappa shape index (κ1) is 23.9. The molecule has 0 spiro atoms. The summed E-state index contributed by atoms with van der Waals surface area (Å²) in [5.41, 5.74) is 3.23. The quantitative estimate of drug-likeness (QED) is 0.585. The molecule has 1 aromatic carbocycles. The van der Waals surface area contributed by atoms with Crippen molar-refractivity contribution in [3.8, 4) is 0 Å². The fraction of sp³-hybridized carbons (Fsp3) is 0.444. The molecule has 0 aromatic heterocycles. The Morgan fingerprint density at radius 1 is 1.07 bits per heavy atom. The van der Waals surface area contributed by atoms with Crippen molar-refractivity contribution in [1.29, 1.82) is 0 Å². The van der Waals surface area contributed by atoms with Gasteiger partial charge in [0.1, 0.15) is 6.04 Å². The van der Waals surface area contributed by atoms with E-state index in [0.717, 1.165) is 12.1 Å². The molecule has 2 atom stereocenters. The first-order chi connectivity index (χ1) is 13.5. The molecule has 1 rings (SSSR count). The lowest BCUT2D eigenvalue weighted by atomic mass is 9.94. The number of amides is 2. The number of rotatable bonds is 9. The maximum Gasteiger partial charge on any atom is 0.417 e. The van der Waals surface area contributed by atoms with Gasteiger partial charge in [-0.1, -0.05) is 12.1 Å². The molecule has 29 heavy (non-hydrogen) atoms. The van der Waals surface area contributed by atoms with Crippen LogP contribution in [0.4, 0.5) is 13.2 Å². The largest absolute Gasteiger partial charge is 0.466 e. The average molecular weight is 418 g/mol. The van der Waals surface area contributed by atoms with Crippen molar-refractivity contribution in [2.45, 2.75) is 32.5 Å². The third kappa shape index (κ3) is 6.77. The Morgan fingerprint density at radius 2 is 1.66 bits per heavy atom. The van der Waals surface area contributed by atoms with Crippen LogP contribution in [0.2, 0.25) is 0 Å². The standard InChI is InChI=1S/C18H21F3N2O6/c1-3-28-13(24)9-11(17(27)29-4-2)14(15(22)25)23-16(26)10-7-5-6-8-12(10)18(19,20)21/h5-8,11,14H,3-4,9H2,1-2H3,(H2,22,25)(H,23,26)/t11-,14+/m0/s1. The molecule has 0 saturated carbocycles. The highest BCUT2D eigenvalue weighted by molar-refractivity contribution is 6.00. The van der Waals surface area contributed by atoms with Gasteiger partial charge in [-0.2, -0.15) is 13.2 Å². The third-order valence-corrected chi connectivity index (χ3v) is 3.75. The van der Waals surface area contributed by atoms with Crippen molar-refractivity contribution in [3.63, 3.8) is 0 Å². The van der Waals surface area contributed by atoms with Crippen molar-refractivity contribution in [3.05, 3.63) is 35.4 Å². The van der Waals surface area contributed by atoms with Gasteiger partial charge in [0.15, 0.2) is 0 Å². The number of hydrogen-bond acceptors (Lipinski definition) is 6. The van der Waals surface area contributed by atoms with Crippen LogP contribution in [0.25, 0.3) is 0 Å². The average Bonchev–Trinajstić information content (AvgIpc) is 2.63. The SMILES string of the molecule is CCOC(=O)C[C@H](C(=O)OCC)[C@@H](NC(=O)c1ccccc1C(F)(F)F)C(N)=O. The van der Waals surface area contributed by atoms with Crippen LogP contribution in [-0.2, 0) is 30.0 Å². The molecule has 8 nitrogen and oxygen atoms in total. The number of esters is 2. The summed E-state index contributed by atoms with van der Waals surface area (Å²) >= 11 is 0. The Morgan fingerprint density at radius 3 is 2.17 bits per heavy atom. The Labute approximate surface area is 164 Å². The highest BCUT2D eigenvalue weighted by Gasteiger charge is 2.39. The fourth-order valence-electron chi connectivity index (χ4n) is 2.50. The van der Waals surface area contributed by atoms with E-state index in [-0.39, 0.29) is 13.2 Å². The van der Waals surface area contributed by atoms with E-state index in [1.807, 2.05) is 5.32 Å². The molecule has 11 heteroatoms. The number of carbonyl (C=O) groups is 4. The molecule has 1 aromatic rings. The van der Waals surface area contributed by atoms with Crippen LogP contribution in [-0.4, -0.2) is 43.0 Å². The molecule has 0 fully saturated rings. The van der Waals surface area contributed by atoms with Crippen LogP contribution in [0.3, 0.4) is 0 Å². The van der Waals surface area contributed by atoms with Gasteiger partial charge in [-0.05, 0) is 26.0 Å². The van der Waals surface area contributed by atoms with Crippen molar-refractivity contribution in [2.24, 2.45) is 11.7 Å². The number of carbonyl (C=O) groups excluding carboxylic acids is 4. The molecule has 0 radical (unpaired) electrons. The summed E-state index contributed by atoms with van der Waals surface area (Å²) in [7, 11) is 0. The van der Waals surface area contributed by atoms with Crippen LogP contribution in [0, 0.1) is 5.92 Å². The smallest absolute Gasteiger partial charge is 0.417 e. The molecule has 0 aliphatic rings. The normalized spacial score (nSPS) is 13.1. The number of benzene rings is 1. The summed E-state index contributed by atoms with van der Waals surface area (Å²) < 4.78 is 48.9. The zero-order valence-electron chi connectivity index (χ0n) is 15.7. The minimum atomic E-state index is -4.83. The molecular formula is C18H21F3N2O6. The minimum Gasteiger partial charge on any atom is -0.466 e. The number of nitrogens with two attached hydrogens (primary N) is 1. The first-order valence-electron chi connectivity index (χ1n) is 8.61. The molecule has 0 aliphatic carbocycles. The van der Waals surface area contributed by atoms with E-state index in [0.29, 0.717) is 6.07 Å². The molecule has 2 amide bonds. The second-order valence-corrected chi connectivity index (χ2v) is 5.76. The van der Waals surface area contributed by atoms with Crippen LogP contribution in [0.15, 0.2) is 24.3 Å². The van der Waals surface area contributed by atoms with Gasteiger partial charge in [0.25, 0.3) is 5.91 Å². The van der Waals surface area contributed by atoms with E-state index in [4.69, 9.17) is 15.2 Å². The number of halogens is 3. The van der Waals surface area contributed by atoms with E-state index >= 15 is 0 Å². The van der Waals surface area contributed by atoms with Gasteiger partial charge >= 0.3 is 18.1 Å². The molecule has 0 heterocycles. The Balaban J connectivity index is 3.23. The number of ether oxygens (including phenoxy) is 2. The minimum absolute atomic E-state index is 0.0130. The Bertz CT molecular complexity index is 766. The maximum absolute atomic E-state index is 13.1. The molecule has 0 saturated heterocycles. The van der Waals surface area contributed by atoms with Crippen molar-refractivity contribution in [1.82, 2.24) is 5.32 Å². The Hall–Kier alpha value is -3.11. The van der Waals surface area contributed by atoms with Crippen LogP contribution in [0.5, 0.6) is 0 Å². The molecular weight excluding hydrogens is 397 g/mol. The summed E-state index contributed by atoms with van der Waals surface area (Å²) in [5, 5.41) is 2.01. The van der Waals surface area contributed by atoms with Gasteiger partial charge in [0.2, 0.25) is 5.91 Å². The zero-order chi connectivity index (χ0) is 22.2. The number of hydrogen-bond donors (Lipinski definition) is 2. The van der Waals surface area contributed by atoms with Crippen LogP contribution < -0.4 is 11.1 Å². The molecule has 0 unspecified atom stereocenters. The monoisotopic (exact) mass is 418 g/mol. The second kappa shape index (κ2) is 10.4. The van der Waals surface area contributed by atoms with Crippen LogP contribution in [0.1, 0.15) is 36.2 Å². The topological polar surface area (TPSA) is 125 Å². The molecule has 0 bridgehead atoms. The predicted molar refractivity (Wildman–Crippen MR) is 93.3 cm³/mol. The van der Waals surface area contributed by atoms with E-state index < -0.39 is 59.4 Å². The van der Waals surface area contributed by atoms with E-state index in [1.54, 1.807) is 0 Å². The fourth-order valence-corrected chi connectivity index (χ4v) is 2.50. The van der Waals surface area contributed by atoms with E-state index in [2.05, 4.69) is 0 Å².